The third-order valence-corrected chi connectivity index (χ3v) is 4.32. The summed E-state index contributed by atoms with van der Waals surface area (Å²) in [4.78, 5) is 12.5. The normalized spacial score (nSPS) is 10.0. The Balaban J connectivity index is 2.21. The molecule has 20 heavy (non-hydrogen) atoms. The molecule has 2 aromatic carbocycles. The molecule has 0 fully saturated rings. The van der Waals surface area contributed by atoms with E-state index in [-0.39, 0.29) is 6.42 Å². The topological polar surface area (TPSA) is 61.1 Å². The second-order valence-corrected chi connectivity index (χ2v) is 6.01. The molecule has 5 heteroatoms. The monoisotopic (exact) mass is 347 g/mol. The van der Waals surface area contributed by atoms with Crippen molar-refractivity contribution in [2.24, 2.45) is 0 Å². The third-order valence-electron chi connectivity index (χ3n) is 2.59. The van der Waals surface area contributed by atoms with Crippen molar-refractivity contribution in [3.05, 3.63) is 58.1 Å². The van der Waals surface area contributed by atoms with Crippen LogP contribution >= 0.6 is 27.7 Å². The molecule has 0 aromatic heterocycles. The van der Waals surface area contributed by atoms with E-state index in [1.807, 2.05) is 30.3 Å². The van der Waals surface area contributed by atoms with Gasteiger partial charge >= 0.3 is 5.97 Å². The van der Waals surface area contributed by atoms with Gasteiger partial charge in [-0.1, -0.05) is 30.0 Å². The first kappa shape index (κ1) is 14.6. The lowest BCUT2D eigenvalue weighted by Gasteiger charge is -2.06. The first-order valence-electron chi connectivity index (χ1n) is 5.77. The number of benzene rings is 2. The Morgan fingerprint density at radius 3 is 2.55 bits per heavy atom. The van der Waals surface area contributed by atoms with Crippen molar-refractivity contribution in [2.45, 2.75) is 16.2 Å². The van der Waals surface area contributed by atoms with E-state index in [0.29, 0.717) is 5.56 Å². The fourth-order valence-corrected chi connectivity index (χ4v) is 3.19. The lowest BCUT2D eigenvalue weighted by atomic mass is 10.2. The number of rotatable bonds is 4. The van der Waals surface area contributed by atoms with E-state index in [0.717, 1.165) is 19.8 Å². The maximum Gasteiger partial charge on any atom is 0.307 e. The number of carboxylic acids is 1. The van der Waals surface area contributed by atoms with Crippen LogP contribution in [0.15, 0.2) is 56.7 Å². The smallest absolute Gasteiger partial charge is 0.307 e. The van der Waals surface area contributed by atoms with E-state index >= 15 is 0 Å². The number of carbonyl (C=O) groups is 1. The molecule has 3 nitrogen and oxygen atoms in total. The molecule has 0 unspecified atom stereocenters. The van der Waals surface area contributed by atoms with Crippen LogP contribution in [0.3, 0.4) is 0 Å². The number of nitrogens with zero attached hydrogens (tertiary/aromatic N) is 1. The number of nitriles is 1. The molecule has 0 spiro atoms. The van der Waals surface area contributed by atoms with Gasteiger partial charge < -0.3 is 5.11 Å². The van der Waals surface area contributed by atoms with E-state index in [9.17, 15) is 4.79 Å². The fourth-order valence-electron chi connectivity index (χ4n) is 1.67. The zero-order chi connectivity index (χ0) is 14.5. The van der Waals surface area contributed by atoms with Gasteiger partial charge in [-0.15, -0.1) is 0 Å². The fraction of sp³-hybridized carbons (Fsp3) is 0.0667. The van der Waals surface area contributed by atoms with Gasteiger partial charge in [0.1, 0.15) is 6.07 Å². The van der Waals surface area contributed by atoms with Crippen LogP contribution in [0.4, 0.5) is 0 Å². The van der Waals surface area contributed by atoms with Crippen LogP contribution < -0.4 is 0 Å². The molecule has 0 saturated carbocycles. The van der Waals surface area contributed by atoms with Gasteiger partial charge in [-0.2, -0.15) is 5.26 Å². The van der Waals surface area contributed by atoms with Gasteiger partial charge in [-0.3, -0.25) is 4.79 Å². The molecule has 0 saturated heterocycles. The van der Waals surface area contributed by atoms with Crippen LogP contribution in [-0.2, 0) is 11.2 Å². The summed E-state index contributed by atoms with van der Waals surface area (Å²) in [7, 11) is 0. The van der Waals surface area contributed by atoms with Crippen LogP contribution in [0.1, 0.15) is 11.1 Å². The van der Waals surface area contributed by atoms with Crippen molar-refractivity contribution in [1.29, 1.82) is 5.26 Å². The summed E-state index contributed by atoms with van der Waals surface area (Å²) >= 11 is 4.84. The molecular weight excluding hydrogens is 338 g/mol. The van der Waals surface area contributed by atoms with E-state index < -0.39 is 5.97 Å². The highest BCUT2D eigenvalue weighted by Gasteiger charge is 2.08. The Morgan fingerprint density at radius 2 is 1.95 bits per heavy atom. The average molecular weight is 348 g/mol. The van der Waals surface area contributed by atoms with Crippen LogP contribution in [0, 0.1) is 11.3 Å². The number of hydrogen-bond donors (Lipinski definition) is 1. The molecule has 0 bridgehead atoms. The molecule has 0 aliphatic carbocycles. The highest BCUT2D eigenvalue weighted by Crippen LogP contribution is 2.33. The van der Waals surface area contributed by atoms with Crippen LogP contribution in [0.5, 0.6) is 0 Å². The Morgan fingerprint density at radius 1 is 1.25 bits per heavy atom. The second kappa shape index (κ2) is 6.60. The van der Waals surface area contributed by atoms with Crippen molar-refractivity contribution < 1.29 is 9.90 Å². The molecule has 0 heterocycles. The Kier molecular flexibility index (Phi) is 4.83. The Labute approximate surface area is 129 Å². The lowest BCUT2D eigenvalue weighted by molar-refractivity contribution is -0.136. The highest BCUT2D eigenvalue weighted by atomic mass is 79.9. The van der Waals surface area contributed by atoms with Crippen molar-refractivity contribution in [2.75, 3.05) is 0 Å². The zero-order valence-electron chi connectivity index (χ0n) is 10.3. The number of hydrogen-bond acceptors (Lipinski definition) is 3. The molecule has 1 N–H and O–H groups in total. The van der Waals surface area contributed by atoms with E-state index in [1.165, 1.54) is 11.8 Å². The third kappa shape index (κ3) is 3.62. The maximum absolute atomic E-state index is 10.6. The predicted molar refractivity (Wildman–Crippen MR) is 80.8 cm³/mol. The molecule has 0 aliphatic heterocycles. The Hall–Kier alpha value is -1.77. The summed E-state index contributed by atoms with van der Waals surface area (Å²) in [6.45, 7) is 0. The van der Waals surface area contributed by atoms with Crippen LogP contribution in [0.25, 0.3) is 0 Å². The SMILES string of the molecule is N#Cc1c(Br)cccc1Sc1ccc(CC(=O)O)cc1. The number of carboxylic acid groups (broad SMARTS) is 1. The molecule has 2 rings (SSSR count). The van der Waals surface area contributed by atoms with E-state index in [1.54, 1.807) is 12.1 Å². The Bertz CT molecular complexity index is 677. The maximum atomic E-state index is 10.6. The summed E-state index contributed by atoms with van der Waals surface area (Å²) in [5.74, 6) is -0.843. The van der Waals surface area contributed by atoms with E-state index in [4.69, 9.17) is 10.4 Å². The highest BCUT2D eigenvalue weighted by molar-refractivity contribution is 9.10. The zero-order valence-corrected chi connectivity index (χ0v) is 12.7. The van der Waals surface area contributed by atoms with Crippen molar-refractivity contribution >= 4 is 33.7 Å². The van der Waals surface area contributed by atoms with Gasteiger partial charge in [0, 0.05) is 14.3 Å². The van der Waals surface area contributed by atoms with Gasteiger partial charge in [-0.25, -0.2) is 0 Å². The standard InChI is InChI=1S/C15H10BrNO2S/c16-13-2-1-3-14(12(13)9-17)20-11-6-4-10(5-7-11)8-15(18)19/h1-7H,8H2,(H,18,19). The molecule has 0 amide bonds. The summed E-state index contributed by atoms with van der Waals surface area (Å²) in [6, 6.07) is 15.1. The summed E-state index contributed by atoms with van der Waals surface area (Å²) in [5, 5.41) is 17.9. The molecule has 2 aromatic rings. The minimum Gasteiger partial charge on any atom is -0.481 e. The van der Waals surface area contributed by atoms with Gasteiger partial charge in [0.2, 0.25) is 0 Å². The van der Waals surface area contributed by atoms with Crippen molar-refractivity contribution in [3.8, 4) is 6.07 Å². The van der Waals surface area contributed by atoms with Gasteiger partial charge in [-0.05, 0) is 45.8 Å². The summed E-state index contributed by atoms with van der Waals surface area (Å²) < 4.78 is 0.771. The first-order chi connectivity index (χ1) is 9.60. The molecule has 0 radical (unpaired) electrons. The largest absolute Gasteiger partial charge is 0.481 e. The average Bonchev–Trinajstić information content (AvgIpc) is 2.41. The predicted octanol–water partition coefficient (Wildman–Crippen LogP) is 4.10. The van der Waals surface area contributed by atoms with Gasteiger partial charge in [0.05, 0.1) is 12.0 Å². The minimum absolute atomic E-state index is 0.0191. The molecule has 0 aliphatic rings. The quantitative estimate of drug-likeness (QED) is 0.904. The molecule has 100 valence electrons. The molecule has 0 atom stereocenters. The first-order valence-corrected chi connectivity index (χ1v) is 7.38. The summed E-state index contributed by atoms with van der Waals surface area (Å²) in [5.41, 5.74) is 1.36. The summed E-state index contributed by atoms with van der Waals surface area (Å²) in [6.07, 6.45) is 0.0191. The van der Waals surface area contributed by atoms with Crippen molar-refractivity contribution in [1.82, 2.24) is 0 Å². The lowest BCUT2D eigenvalue weighted by Crippen LogP contribution is -1.99. The second-order valence-electron chi connectivity index (χ2n) is 4.04. The van der Waals surface area contributed by atoms with E-state index in [2.05, 4.69) is 22.0 Å². The number of halogens is 1. The number of aliphatic carboxylic acids is 1. The molecular formula is C15H10BrNO2S. The van der Waals surface area contributed by atoms with Gasteiger partial charge in [0.25, 0.3) is 0 Å². The van der Waals surface area contributed by atoms with Crippen molar-refractivity contribution in [3.63, 3.8) is 0 Å². The van der Waals surface area contributed by atoms with Crippen LogP contribution in [0.2, 0.25) is 0 Å². The minimum atomic E-state index is -0.843. The van der Waals surface area contributed by atoms with Gasteiger partial charge in [0.15, 0.2) is 0 Å². The van der Waals surface area contributed by atoms with Crippen LogP contribution in [-0.4, -0.2) is 11.1 Å².